The van der Waals surface area contributed by atoms with Crippen molar-refractivity contribution in [2.45, 2.75) is 25.7 Å². The Bertz CT molecular complexity index is 11.6. The van der Waals surface area contributed by atoms with Crippen LogP contribution in [0.15, 0.2) is 0 Å². The lowest BCUT2D eigenvalue weighted by Gasteiger charge is -2.05. The smallest absolute Gasteiger partial charge is 0.0533 e. The average molecular weight is 82.4 g/mol. The van der Waals surface area contributed by atoms with Crippen LogP contribution in [0.4, 0.5) is 0 Å². The third-order valence-corrected chi connectivity index (χ3v) is 1.000. The van der Waals surface area contributed by atoms with Crippen LogP contribution in [0.5, 0.6) is 0 Å². The molecule has 0 aromatic carbocycles. The van der Waals surface area contributed by atoms with Crippen molar-refractivity contribution in [3.05, 3.63) is 0 Å². The van der Waals surface area contributed by atoms with Crippen LogP contribution in [-0.2, 0) is 0 Å². The molecule has 0 bridgehead atoms. The first kappa shape index (κ1) is 5.77. The summed E-state index contributed by atoms with van der Waals surface area (Å²) in [5.41, 5.74) is 0. The zero-order chi connectivity index (χ0) is 2.83. The van der Waals surface area contributed by atoms with Crippen LogP contribution in [0, 0.1) is 0 Å². The summed E-state index contributed by atoms with van der Waals surface area (Å²) in [5, 5.41) is 0. The first-order valence-electron chi connectivity index (χ1n) is 2.00. The van der Waals surface area contributed by atoms with E-state index in [0.717, 1.165) is 0 Å². The summed E-state index contributed by atoms with van der Waals surface area (Å²) >= 11 is 0. The van der Waals surface area contributed by atoms with Gasteiger partial charge in [-0.25, -0.2) is 0 Å². The van der Waals surface area contributed by atoms with Gasteiger partial charge in [0.1, 0.15) is 0 Å². The van der Waals surface area contributed by atoms with Gasteiger partial charge in [-0.1, -0.05) is 25.7 Å². The third-order valence-electron chi connectivity index (χ3n) is 1.000. The van der Waals surface area contributed by atoms with Gasteiger partial charge in [0.25, 0.3) is 0 Å². The molecule has 0 aromatic rings. The van der Waals surface area contributed by atoms with Crippen molar-refractivity contribution in [3.63, 3.8) is 0 Å². The molecule has 5 heavy (non-hydrogen) atoms. The van der Waals surface area contributed by atoms with Crippen molar-refractivity contribution in [3.8, 4) is 0 Å². The molecular formula is C4H10Mg. The summed E-state index contributed by atoms with van der Waals surface area (Å²) in [4.78, 5) is 0. The summed E-state index contributed by atoms with van der Waals surface area (Å²) in [6.45, 7) is 0. The van der Waals surface area contributed by atoms with Crippen molar-refractivity contribution in [1.82, 2.24) is 0 Å². The molecule has 0 spiro atoms. The third kappa shape index (κ3) is 1.61. The van der Waals surface area contributed by atoms with E-state index in [0.29, 0.717) is 0 Å². The topological polar surface area (TPSA) is 0 Å². The van der Waals surface area contributed by atoms with Crippen molar-refractivity contribution in [1.29, 1.82) is 0 Å². The molecule has 1 saturated carbocycles. The molecule has 28 valence electrons. The minimum absolute atomic E-state index is 0. The van der Waals surface area contributed by atoms with Crippen LogP contribution < -0.4 is 0 Å². The highest BCUT2D eigenvalue weighted by Crippen LogP contribution is 2.15. The van der Waals surface area contributed by atoms with Gasteiger partial charge in [0.05, 0.1) is 0 Å². The van der Waals surface area contributed by atoms with Gasteiger partial charge < -0.3 is 0 Å². The number of rotatable bonds is 0. The van der Waals surface area contributed by atoms with Gasteiger partial charge in [0, 0.05) is 0 Å². The Morgan fingerprint density at radius 2 is 0.800 bits per heavy atom. The molecule has 0 saturated heterocycles. The molecule has 0 atom stereocenters. The molecule has 0 aromatic heterocycles. The maximum atomic E-state index is 1.50. The summed E-state index contributed by atoms with van der Waals surface area (Å²) in [6, 6.07) is 0. The molecule has 0 radical (unpaired) electrons. The second-order valence-corrected chi connectivity index (χ2v) is 1.41. The Kier molecular flexibility index (Phi) is 3.43. The quantitative estimate of drug-likeness (QED) is 0.376. The van der Waals surface area contributed by atoms with Gasteiger partial charge in [0.2, 0.25) is 0 Å². The highest BCUT2D eigenvalue weighted by Gasteiger charge is 1.95. The van der Waals surface area contributed by atoms with Gasteiger partial charge >= 0.3 is 23.1 Å². The fraction of sp³-hybridized carbons (Fsp3) is 1.00. The molecule has 1 rings (SSSR count). The van der Waals surface area contributed by atoms with E-state index in [4.69, 9.17) is 0 Å². The van der Waals surface area contributed by atoms with E-state index in [-0.39, 0.29) is 23.1 Å². The maximum absolute atomic E-state index is 1.50. The van der Waals surface area contributed by atoms with Crippen LogP contribution >= 0.6 is 0 Å². The second kappa shape index (κ2) is 2.98. The van der Waals surface area contributed by atoms with E-state index in [2.05, 4.69) is 0 Å². The summed E-state index contributed by atoms with van der Waals surface area (Å²) in [7, 11) is 0. The molecule has 1 fully saturated rings. The molecule has 1 heteroatoms. The Hall–Kier alpha value is 0.766. The Morgan fingerprint density at radius 3 is 0.800 bits per heavy atom. The van der Waals surface area contributed by atoms with Crippen molar-refractivity contribution >= 4 is 23.1 Å². The molecule has 1 aliphatic carbocycles. The van der Waals surface area contributed by atoms with Gasteiger partial charge in [-0.3, -0.25) is 0 Å². The zero-order valence-corrected chi connectivity index (χ0v) is 2.83. The van der Waals surface area contributed by atoms with E-state index in [1.165, 1.54) is 25.7 Å². The lowest BCUT2D eigenvalue weighted by molar-refractivity contribution is 0.504. The fourth-order valence-electron chi connectivity index (χ4n) is 0.250. The highest BCUT2D eigenvalue weighted by atomic mass is 24.3. The van der Waals surface area contributed by atoms with E-state index in [1.54, 1.807) is 0 Å². The molecule has 0 N–H and O–H groups in total. The molecule has 0 aliphatic heterocycles. The van der Waals surface area contributed by atoms with Crippen LogP contribution in [0.25, 0.3) is 0 Å². The largest absolute Gasteiger partial charge is 0.316 e. The van der Waals surface area contributed by atoms with Crippen molar-refractivity contribution in [2.24, 2.45) is 0 Å². The predicted molar refractivity (Wildman–Crippen MR) is 27.0 cm³/mol. The van der Waals surface area contributed by atoms with Crippen molar-refractivity contribution in [2.75, 3.05) is 0 Å². The molecular weight excluding hydrogens is 72.3 g/mol. The number of hydrogen-bond donors (Lipinski definition) is 0. The lowest BCUT2D eigenvalue weighted by atomic mass is 10.0. The van der Waals surface area contributed by atoms with Crippen molar-refractivity contribution < 1.29 is 0 Å². The van der Waals surface area contributed by atoms with Gasteiger partial charge in [-0.05, 0) is 0 Å². The molecule has 0 nitrogen and oxygen atoms in total. The molecule has 0 heterocycles. The Labute approximate surface area is 49.1 Å². The first-order valence-corrected chi connectivity index (χ1v) is 2.00. The van der Waals surface area contributed by atoms with E-state index < -0.39 is 0 Å². The molecule has 0 unspecified atom stereocenters. The highest BCUT2D eigenvalue weighted by molar-refractivity contribution is 5.75. The zero-order valence-electron chi connectivity index (χ0n) is 2.83. The van der Waals surface area contributed by atoms with Crippen LogP contribution in [-0.4, -0.2) is 23.1 Å². The summed E-state index contributed by atoms with van der Waals surface area (Å²) in [6.07, 6.45) is 6.00. The summed E-state index contributed by atoms with van der Waals surface area (Å²) < 4.78 is 0. The van der Waals surface area contributed by atoms with Gasteiger partial charge in [0.15, 0.2) is 0 Å². The van der Waals surface area contributed by atoms with Gasteiger partial charge in [-0.15, -0.1) is 0 Å². The van der Waals surface area contributed by atoms with E-state index in [1.807, 2.05) is 0 Å². The number of hydrogen-bond acceptors (Lipinski definition) is 0. The first-order chi connectivity index (χ1) is 2.00. The van der Waals surface area contributed by atoms with Gasteiger partial charge in [-0.2, -0.15) is 0 Å². The Morgan fingerprint density at radius 1 is 0.600 bits per heavy atom. The SMILES string of the molecule is C1CCC1.[MgH2]. The minimum atomic E-state index is 0. The fourth-order valence-corrected chi connectivity index (χ4v) is 0.250. The average Bonchev–Trinajstić information content (AvgIpc) is 0.722. The Balaban J connectivity index is 0.000000160. The normalized spacial score (nSPS) is 19.2. The second-order valence-electron chi connectivity index (χ2n) is 1.41. The van der Waals surface area contributed by atoms with E-state index >= 15 is 0 Å². The van der Waals surface area contributed by atoms with Crippen LogP contribution in [0.3, 0.4) is 0 Å². The van der Waals surface area contributed by atoms with Crippen LogP contribution in [0.2, 0.25) is 0 Å². The lowest BCUT2D eigenvalue weighted by Crippen LogP contribution is -1.85. The monoisotopic (exact) mass is 82.1 g/mol. The predicted octanol–water partition coefficient (Wildman–Crippen LogP) is 0.644. The van der Waals surface area contributed by atoms with E-state index in [9.17, 15) is 0 Å². The molecule has 1 aliphatic rings. The maximum Gasteiger partial charge on any atom is 0.316 e. The standard InChI is InChI=1S/C4H8.Mg.2H/c1-2-4-3-1;;;/h1-4H2;;;. The minimum Gasteiger partial charge on any atom is -0.0533 e. The summed E-state index contributed by atoms with van der Waals surface area (Å²) in [5.74, 6) is 0. The van der Waals surface area contributed by atoms with Crippen LogP contribution in [0.1, 0.15) is 25.7 Å². The molecule has 0 amide bonds.